The molecule has 1 aromatic rings. The molecule has 0 saturated carbocycles. The molecule has 1 saturated heterocycles. The van der Waals surface area contributed by atoms with Crippen molar-refractivity contribution in [2.24, 2.45) is 0 Å². The number of pyridine rings is 1. The highest BCUT2D eigenvalue weighted by Gasteiger charge is 2.32. The number of nitrogens with zero attached hydrogens (tertiary/aromatic N) is 1. The third-order valence-electron chi connectivity index (χ3n) is 2.93. The third kappa shape index (κ3) is 2.45. The molecule has 0 aliphatic carbocycles. The van der Waals surface area contributed by atoms with Crippen molar-refractivity contribution in [1.82, 2.24) is 10.3 Å². The van der Waals surface area contributed by atoms with E-state index in [1.807, 2.05) is 6.07 Å². The first kappa shape index (κ1) is 10.4. The number of piperidine rings is 1. The molecule has 2 rings (SSSR count). The fourth-order valence-corrected chi connectivity index (χ4v) is 1.99. The summed E-state index contributed by atoms with van der Waals surface area (Å²) in [4.78, 5) is 3.97. The van der Waals surface area contributed by atoms with E-state index in [0.717, 1.165) is 18.7 Å². The number of hydrogen-bond acceptors (Lipinski definition) is 3. The zero-order valence-electron chi connectivity index (χ0n) is 8.67. The van der Waals surface area contributed by atoms with Crippen LogP contribution >= 0.6 is 0 Å². The maximum atomic E-state index is 14.3. The minimum atomic E-state index is -1.11. The molecule has 1 aliphatic heterocycles. The van der Waals surface area contributed by atoms with Gasteiger partial charge in [0, 0.05) is 12.6 Å². The van der Waals surface area contributed by atoms with Gasteiger partial charge in [0.25, 0.3) is 0 Å². The Balaban J connectivity index is 2.10. The first-order valence-corrected chi connectivity index (χ1v) is 5.29. The van der Waals surface area contributed by atoms with E-state index in [9.17, 15) is 4.39 Å². The molecule has 1 aliphatic rings. The molecule has 0 amide bonds. The average Bonchev–Trinajstić information content (AvgIpc) is 2.22. The van der Waals surface area contributed by atoms with E-state index in [2.05, 4.69) is 10.3 Å². The van der Waals surface area contributed by atoms with Crippen LogP contribution in [0.25, 0.3) is 0 Å². The van der Waals surface area contributed by atoms with Gasteiger partial charge in [0.05, 0.1) is 0 Å². The molecule has 4 heteroatoms. The minimum Gasteiger partial charge on any atom is -0.383 e. The number of nitrogen functional groups attached to an aromatic ring is 1. The number of anilines is 1. The lowest BCUT2D eigenvalue weighted by Gasteiger charge is -2.30. The van der Waals surface area contributed by atoms with Crippen LogP contribution in [0, 0.1) is 0 Å². The Hall–Kier alpha value is -1.16. The average molecular weight is 209 g/mol. The highest BCUT2D eigenvalue weighted by Crippen LogP contribution is 2.28. The number of halogens is 1. The predicted molar refractivity (Wildman–Crippen MR) is 58.3 cm³/mol. The summed E-state index contributed by atoms with van der Waals surface area (Å²) in [5.74, 6) is 0.452. The summed E-state index contributed by atoms with van der Waals surface area (Å²) in [6.45, 7) is 1.49. The van der Waals surface area contributed by atoms with Crippen LogP contribution in [0.2, 0.25) is 0 Å². The summed E-state index contributed by atoms with van der Waals surface area (Å²) in [6.07, 6.45) is 3.13. The van der Waals surface area contributed by atoms with Gasteiger partial charge in [-0.1, -0.05) is 6.07 Å². The first-order chi connectivity index (χ1) is 7.20. The molecule has 2 heterocycles. The second kappa shape index (κ2) is 4.14. The second-order valence-corrected chi connectivity index (χ2v) is 4.13. The lowest BCUT2D eigenvalue weighted by Crippen LogP contribution is -2.40. The summed E-state index contributed by atoms with van der Waals surface area (Å²) in [5.41, 5.74) is 5.42. The van der Waals surface area contributed by atoms with Gasteiger partial charge in [-0.15, -0.1) is 0 Å². The number of nitrogens with one attached hydrogen (secondary N) is 1. The summed E-state index contributed by atoms with van der Waals surface area (Å²) in [5, 5.41) is 3.15. The van der Waals surface area contributed by atoms with E-state index < -0.39 is 5.67 Å². The number of hydrogen-bond donors (Lipinski definition) is 2. The van der Waals surface area contributed by atoms with Crippen molar-refractivity contribution >= 4 is 5.82 Å². The fraction of sp³-hybridized carbons (Fsp3) is 0.545. The molecular weight excluding hydrogens is 193 g/mol. The zero-order chi connectivity index (χ0) is 10.7. The molecular formula is C11H16FN3. The van der Waals surface area contributed by atoms with Gasteiger partial charge >= 0.3 is 0 Å². The molecule has 0 radical (unpaired) electrons. The first-order valence-electron chi connectivity index (χ1n) is 5.29. The Kier molecular flexibility index (Phi) is 2.86. The molecule has 15 heavy (non-hydrogen) atoms. The van der Waals surface area contributed by atoms with E-state index in [0.29, 0.717) is 25.1 Å². The van der Waals surface area contributed by atoms with Crippen molar-refractivity contribution in [2.45, 2.75) is 24.9 Å². The molecule has 0 aromatic carbocycles. The van der Waals surface area contributed by atoms with Crippen LogP contribution in [0.4, 0.5) is 10.2 Å². The van der Waals surface area contributed by atoms with Crippen LogP contribution in [-0.4, -0.2) is 23.7 Å². The Morgan fingerprint density at radius 2 is 2.20 bits per heavy atom. The van der Waals surface area contributed by atoms with Gasteiger partial charge in [-0.3, -0.25) is 0 Å². The van der Waals surface area contributed by atoms with Crippen LogP contribution in [0.1, 0.15) is 18.4 Å². The molecule has 0 atom stereocenters. The van der Waals surface area contributed by atoms with Crippen LogP contribution in [-0.2, 0) is 6.42 Å². The Morgan fingerprint density at radius 3 is 2.87 bits per heavy atom. The maximum Gasteiger partial charge on any atom is 0.126 e. The van der Waals surface area contributed by atoms with Crippen LogP contribution in [0.3, 0.4) is 0 Å². The lowest BCUT2D eigenvalue weighted by molar-refractivity contribution is 0.116. The molecule has 1 aromatic heterocycles. The molecule has 82 valence electrons. The normalized spacial score (nSPS) is 20.1. The van der Waals surface area contributed by atoms with Crippen molar-refractivity contribution in [1.29, 1.82) is 0 Å². The standard InChI is InChI=1S/C11H16FN3/c12-11(3-6-14-7-4-11)8-9-2-1-5-15-10(9)13/h1-2,5,14H,3-4,6-8H2,(H2,13,15). The Bertz CT molecular complexity index is 334. The minimum absolute atomic E-state index is 0.383. The maximum absolute atomic E-state index is 14.3. The molecule has 3 N–H and O–H groups in total. The van der Waals surface area contributed by atoms with Crippen molar-refractivity contribution < 1.29 is 4.39 Å². The van der Waals surface area contributed by atoms with Gasteiger partial charge in [-0.05, 0) is 37.6 Å². The molecule has 0 bridgehead atoms. The van der Waals surface area contributed by atoms with E-state index in [4.69, 9.17) is 5.73 Å². The van der Waals surface area contributed by atoms with E-state index in [-0.39, 0.29) is 0 Å². The summed E-state index contributed by atoms with van der Waals surface area (Å²) in [7, 11) is 0. The van der Waals surface area contributed by atoms with Gasteiger partial charge in [0.2, 0.25) is 0 Å². The van der Waals surface area contributed by atoms with Crippen LogP contribution < -0.4 is 11.1 Å². The van der Waals surface area contributed by atoms with Crippen molar-refractivity contribution in [3.8, 4) is 0 Å². The molecule has 3 nitrogen and oxygen atoms in total. The predicted octanol–water partition coefficient (Wildman–Crippen LogP) is 1.30. The van der Waals surface area contributed by atoms with Crippen molar-refractivity contribution in [3.63, 3.8) is 0 Å². The lowest BCUT2D eigenvalue weighted by atomic mass is 9.88. The largest absolute Gasteiger partial charge is 0.383 e. The van der Waals surface area contributed by atoms with Crippen molar-refractivity contribution in [2.75, 3.05) is 18.8 Å². The van der Waals surface area contributed by atoms with Gasteiger partial charge < -0.3 is 11.1 Å². The highest BCUT2D eigenvalue weighted by molar-refractivity contribution is 5.39. The van der Waals surface area contributed by atoms with Gasteiger partial charge in [0.15, 0.2) is 0 Å². The van der Waals surface area contributed by atoms with E-state index in [1.165, 1.54) is 0 Å². The zero-order valence-corrected chi connectivity index (χ0v) is 8.67. The van der Waals surface area contributed by atoms with E-state index >= 15 is 0 Å². The number of rotatable bonds is 2. The SMILES string of the molecule is Nc1ncccc1CC1(F)CCNCC1. The summed E-state index contributed by atoms with van der Waals surface area (Å²) >= 11 is 0. The quantitative estimate of drug-likeness (QED) is 0.772. The van der Waals surface area contributed by atoms with Crippen LogP contribution in [0.5, 0.6) is 0 Å². The monoisotopic (exact) mass is 209 g/mol. The molecule has 0 unspecified atom stereocenters. The van der Waals surface area contributed by atoms with Gasteiger partial charge in [-0.25, -0.2) is 9.37 Å². The van der Waals surface area contributed by atoms with Crippen LogP contribution in [0.15, 0.2) is 18.3 Å². The Labute approximate surface area is 88.9 Å². The smallest absolute Gasteiger partial charge is 0.126 e. The Morgan fingerprint density at radius 1 is 1.47 bits per heavy atom. The summed E-state index contributed by atoms with van der Waals surface area (Å²) in [6, 6.07) is 3.65. The summed E-state index contributed by atoms with van der Waals surface area (Å²) < 4.78 is 14.3. The molecule has 1 fully saturated rings. The van der Waals surface area contributed by atoms with Gasteiger partial charge in [-0.2, -0.15) is 0 Å². The van der Waals surface area contributed by atoms with Crippen molar-refractivity contribution in [3.05, 3.63) is 23.9 Å². The second-order valence-electron chi connectivity index (χ2n) is 4.13. The topological polar surface area (TPSA) is 50.9 Å². The third-order valence-corrected chi connectivity index (χ3v) is 2.93. The number of nitrogens with two attached hydrogens (primary N) is 1. The number of alkyl halides is 1. The fourth-order valence-electron chi connectivity index (χ4n) is 1.99. The molecule has 0 spiro atoms. The van der Waals surface area contributed by atoms with Gasteiger partial charge in [0.1, 0.15) is 11.5 Å². The van der Waals surface area contributed by atoms with E-state index in [1.54, 1.807) is 12.3 Å². The highest BCUT2D eigenvalue weighted by atomic mass is 19.1. The number of aromatic nitrogens is 1.